The van der Waals surface area contributed by atoms with Crippen LogP contribution in [0.2, 0.25) is 0 Å². The Hall–Kier alpha value is -2.89. The number of amides is 1. The Balaban J connectivity index is 1.57. The third kappa shape index (κ3) is 2.51. The zero-order chi connectivity index (χ0) is 19.3. The number of rotatable bonds is 2. The summed E-state index contributed by atoms with van der Waals surface area (Å²) in [6.07, 6.45) is 6.84. The van der Waals surface area contributed by atoms with E-state index in [0.29, 0.717) is 6.54 Å². The number of hydrogen-bond donors (Lipinski definition) is 1. The highest BCUT2D eigenvalue weighted by Gasteiger charge is 2.43. The molecule has 1 aliphatic carbocycles. The van der Waals surface area contributed by atoms with Crippen LogP contribution in [0, 0.1) is 6.92 Å². The number of aromatic amines is 1. The van der Waals surface area contributed by atoms with Crippen molar-refractivity contribution < 1.29 is 9.53 Å². The summed E-state index contributed by atoms with van der Waals surface area (Å²) in [6, 6.07) is 8.61. The standard InChI is InChI=1S/C22H24N4O2/c1-14-11-17-19(23-13-14)25-20(24-17)22(8-4-9-22)16-6-7-18-15(12-16)5-3-10-26(18)21(27)28-2/h6-7,11-13H,3-5,8-10H2,1-2H3,(H,23,24,25). The first-order valence-electron chi connectivity index (χ1n) is 9.92. The monoisotopic (exact) mass is 376 g/mol. The fourth-order valence-corrected chi connectivity index (χ4v) is 4.62. The molecular weight excluding hydrogens is 352 g/mol. The van der Waals surface area contributed by atoms with E-state index in [-0.39, 0.29) is 11.5 Å². The van der Waals surface area contributed by atoms with Crippen molar-refractivity contribution in [1.82, 2.24) is 15.0 Å². The van der Waals surface area contributed by atoms with Gasteiger partial charge in [-0.2, -0.15) is 0 Å². The van der Waals surface area contributed by atoms with Crippen molar-refractivity contribution in [2.24, 2.45) is 0 Å². The van der Waals surface area contributed by atoms with Gasteiger partial charge in [-0.25, -0.2) is 14.8 Å². The van der Waals surface area contributed by atoms with E-state index in [2.05, 4.69) is 34.2 Å². The van der Waals surface area contributed by atoms with Gasteiger partial charge in [0.2, 0.25) is 0 Å². The molecule has 3 heterocycles. The normalized spacial score (nSPS) is 17.9. The van der Waals surface area contributed by atoms with Gasteiger partial charge in [0.25, 0.3) is 0 Å². The Morgan fingerprint density at radius 3 is 2.86 bits per heavy atom. The van der Waals surface area contributed by atoms with Crippen LogP contribution in [-0.2, 0) is 16.6 Å². The Labute approximate surface area is 163 Å². The number of ether oxygens (including phenoxy) is 1. The largest absolute Gasteiger partial charge is 0.452 e. The Bertz CT molecular complexity index is 1070. The van der Waals surface area contributed by atoms with Gasteiger partial charge < -0.3 is 9.72 Å². The number of methoxy groups -OCH3 is 1. The van der Waals surface area contributed by atoms with Crippen LogP contribution >= 0.6 is 0 Å². The van der Waals surface area contributed by atoms with Crippen molar-refractivity contribution in [3.05, 3.63) is 53.0 Å². The van der Waals surface area contributed by atoms with Crippen molar-refractivity contribution in [2.45, 2.75) is 44.4 Å². The van der Waals surface area contributed by atoms with Gasteiger partial charge in [0.05, 0.1) is 23.7 Å². The molecule has 6 heteroatoms. The number of pyridine rings is 1. The molecule has 1 aliphatic heterocycles. The maximum Gasteiger partial charge on any atom is 0.414 e. The van der Waals surface area contributed by atoms with Crippen LogP contribution in [0.15, 0.2) is 30.5 Å². The third-order valence-corrected chi connectivity index (χ3v) is 6.28. The van der Waals surface area contributed by atoms with Crippen molar-refractivity contribution in [2.75, 3.05) is 18.6 Å². The van der Waals surface area contributed by atoms with E-state index < -0.39 is 0 Å². The molecule has 1 amide bonds. The minimum absolute atomic E-state index is 0.0861. The molecule has 5 rings (SSSR count). The fraction of sp³-hybridized carbons (Fsp3) is 0.409. The molecule has 0 radical (unpaired) electrons. The lowest BCUT2D eigenvalue weighted by Gasteiger charge is -2.41. The molecule has 1 fully saturated rings. The number of hydrogen-bond acceptors (Lipinski definition) is 4. The first-order valence-corrected chi connectivity index (χ1v) is 9.92. The average Bonchev–Trinajstić information content (AvgIpc) is 3.08. The van der Waals surface area contributed by atoms with E-state index >= 15 is 0 Å². The van der Waals surface area contributed by atoms with Crippen molar-refractivity contribution in [1.29, 1.82) is 0 Å². The number of benzene rings is 1. The second-order valence-corrected chi connectivity index (χ2v) is 7.97. The van der Waals surface area contributed by atoms with E-state index in [0.717, 1.165) is 53.9 Å². The molecule has 2 aromatic heterocycles. The van der Waals surface area contributed by atoms with Crippen LogP contribution in [0.3, 0.4) is 0 Å². The lowest BCUT2D eigenvalue weighted by molar-refractivity contribution is 0.178. The summed E-state index contributed by atoms with van der Waals surface area (Å²) in [7, 11) is 1.44. The second kappa shape index (κ2) is 6.33. The van der Waals surface area contributed by atoms with E-state index in [1.165, 1.54) is 24.7 Å². The molecule has 1 N–H and O–H groups in total. The number of imidazole rings is 1. The lowest BCUT2D eigenvalue weighted by atomic mass is 9.63. The zero-order valence-corrected chi connectivity index (χ0v) is 16.3. The van der Waals surface area contributed by atoms with Gasteiger partial charge in [-0.15, -0.1) is 0 Å². The number of anilines is 1. The smallest absolute Gasteiger partial charge is 0.414 e. The summed E-state index contributed by atoms with van der Waals surface area (Å²) in [5, 5.41) is 0. The topological polar surface area (TPSA) is 71.1 Å². The van der Waals surface area contributed by atoms with Crippen molar-refractivity contribution >= 4 is 22.9 Å². The summed E-state index contributed by atoms with van der Waals surface area (Å²) >= 11 is 0. The van der Waals surface area contributed by atoms with Crippen LogP contribution < -0.4 is 4.90 Å². The van der Waals surface area contributed by atoms with Gasteiger partial charge in [0.15, 0.2) is 5.65 Å². The number of aryl methyl sites for hydroxylation is 2. The zero-order valence-electron chi connectivity index (χ0n) is 16.3. The molecule has 2 aliphatic rings. The fourth-order valence-electron chi connectivity index (χ4n) is 4.62. The van der Waals surface area contributed by atoms with E-state index in [1.807, 2.05) is 13.1 Å². The number of fused-ring (bicyclic) bond motifs is 2. The summed E-state index contributed by atoms with van der Waals surface area (Å²) in [5.74, 6) is 1.01. The number of H-pyrrole nitrogens is 1. The molecule has 1 saturated carbocycles. The number of carbonyl (C=O) groups excluding carboxylic acids is 1. The minimum atomic E-state index is -0.286. The first-order chi connectivity index (χ1) is 13.6. The van der Waals surface area contributed by atoms with Crippen LogP contribution in [-0.4, -0.2) is 34.7 Å². The average molecular weight is 376 g/mol. The van der Waals surface area contributed by atoms with Crippen LogP contribution in [0.4, 0.5) is 10.5 Å². The molecule has 0 spiro atoms. The van der Waals surface area contributed by atoms with E-state index in [9.17, 15) is 4.79 Å². The SMILES string of the molecule is COC(=O)N1CCCc2cc(C3(c4nc5ncc(C)cc5[nH]4)CCC3)ccc21. The van der Waals surface area contributed by atoms with Crippen molar-refractivity contribution in [3.63, 3.8) is 0 Å². The van der Waals surface area contributed by atoms with Crippen LogP contribution in [0.1, 0.15) is 48.2 Å². The summed E-state index contributed by atoms with van der Waals surface area (Å²) in [6.45, 7) is 2.75. The molecule has 0 saturated heterocycles. The van der Waals surface area contributed by atoms with Crippen LogP contribution in [0.25, 0.3) is 11.2 Å². The molecule has 144 valence electrons. The molecular formula is C22H24N4O2. The van der Waals surface area contributed by atoms with Gasteiger partial charge in [-0.05, 0) is 61.4 Å². The molecule has 1 aromatic carbocycles. The number of aromatic nitrogens is 3. The molecule has 0 bridgehead atoms. The Kier molecular flexibility index (Phi) is 3.89. The number of nitrogens with zero attached hydrogens (tertiary/aromatic N) is 3. The van der Waals surface area contributed by atoms with Crippen molar-refractivity contribution in [3.8, 4) is 0 Å². The minimum Gasteiger partial charge on any atom is -0.452 e. The summed E-state index contributed by atoms with van der Waals surface area (Å²) in [4.78, 5) is 26.7. The highest BCUT2D eigenvalue weighted by molar-refractivity contribution is 5.89. The molecule has 0 unspecified atom stereocenters. The lowest BCUT2D eigenvalue weighted by Crippen LogP contribution is -2.38. The molecule has 0 atom stereocenters. The molecule has 3 aromatic rings. The summed E-state index contributed by atoms with van der Waals surface area (Å²) in [5.41, 5.74) is 6.28. The van der Waals surface area contributed by atoms with E-state index in [4.69, 9.17) is 9.72 Å². The predicted octanol–water partition coefficient (Wildman–Crippen LogP) is 4.26. The van der Waals surface area contributed by atoms with Gasteiger partial charge in [-0.1, -0.05) is 18.6 Å². The molecule has 6 nitrogen and oxygen atoms in total. The van der Waals surface area contributed by atoms with Gasteiger partial charge in [0, 0.05) is 12.7 Å². The number of carbonyl (C=O) groups is 1. The number of nitrogens with one attached hydrogen (secondary N) is 1. The summed E-state index contributed by atoms with van der Waals surface area (Å²) < 4.78 is 4.95. The Morgan fingerprint density at radius 1 is 1.25 bits per heavy atom. The van der Waals surface area contributed by atoms with Gasteiger partial charge in [-0.3, -0.25) is 4.90 Å². The van der Waals surface area contributed by atoms with Gasteiger partial charge >= 0.3 is 6.09 Å². The quantitative estimate of drug-likeness (QED) is 0.726. The highest BCUT2D eigenvalue weighted by Crippen LogP contribution is 2.49. The Morgan fingerprint density at radius 2 is 2.11 bits per heavy atom. The van der Waals surface area contributed by atoms with Crippen LogP contribution in [0.5, 0.6) is 0 Å². The third-order valence-electron chi connectivity index (χ3n) is 6.28. The maximum atomic E-state index is 12.1. The van der Waals surface area contributed by atoms with Gasteiger partial charge in [0.1, 0.15) is 5.82 Å². The maximum absolute atomic E-state index is 12.1. The molecule has 28 heavy (non-hydrogen) atoms. The van der Waals surface area contributed by atoms with E-state index in [1.54, 1.807) is 4.90 Å². The second-order valence-electron chi connectivity index (χ2n) is 7.97. The highest BCUT2D eigenvalue weighted by atomic mass is 16.5. The first kappa shape index (κ1) is 17.2. The predicted molar refractivity (Wildman–Crippen MR) is 108 cm³/mol.